The summed E-state index contributed by atoms with van der Waals surface area (Å²) >= 11 is 0. The minimum absolute atomic E-state index is 0.0726. The maximum Gasteiger partial charge on any atom is 0.306 e. The van der Waals surface area contributed by atoms with Crippen molar-refractivity contribution in [2.45, 2.75) is 71.9 Å². The maximum absolute atomic E-state index is 11.5. The first-order chi connectivity index (χ1) is 10.0. The fourth-order valence-corrected chi connectivity index (χ4v) is 2.57. The molecule has 21 heavy (non-hydrogen) atoms. The Morgan fingerprint density at radius 1 is 1.24 bits per heavy atom. The summed E-state index contributed by atoms with van der Waals surface area (Å²) in [6.45, 7) is 9.24. The lowest BCUT2D eigenvalue weighted by atomic mass is 9.85. The van der Waals surface area contributed by atoms with Crippen LogP contribution in [0.2, 0.25) is 0 Å². The molecule has 0 atom stereocenters. The second-order valence-corrected chi connectivity index (χ2v) is 5.83. The second-order valence-electron chi connectivity index (χ2n) is 5.83. The molecule has 0 saturated heterocycles. The number of nitrogens with one attached hydrogen (secondary N) is 1. The number of amidine groups is 1. The van der Waals surface area contributed by atoms with Crippen LogP contribution in [-0.4, -0.2) is 37.3 Å². The Morgan fingerprint density at radius 3 is 2.43 bits per heavy atom. The van der Waals surface area contributed by atoms with Gasteiger partial charge in [-0.05, 0) is 59.3 Å². The lowest BCUT2D eigenvalue weighted by Crippen LogP contribution is -2.33. The summed E-state index contributed by atoms with van der Waals surface area (Å²) in [5, 5.41) is 3.18. The zero-order chi connectivity index (χ0) is 15.7. The molecule has 0 aromatic carbocycles. The highest BCUT2D eigenvalue weighted by Gasteiger charge is 2.25. The summed E-state index contributed by atoms with van der Waals surface area (Å²) in [4.78, 5) is 16.0. The van der Waals surface area contributed by atoms with E-state index in [9.17, 15) is 4.79 Å². The first-order valence-corrected chi connectivity index (χ1v) is 8.19. The Kier molecular flexibility index (Phi) is 8.16. The number of carbonyl (C=O) groups excluding carboxylic acids is 1. The van der Waals surface area contributed by atoms with Gasteiger partial charge in [-0.2, -0.15) is 0 Å². The Morgan fingerprint density at radius 2 is 1.90 bits per heavy atom. The third kappa shape index (κ3) is 7.34. The van der Waals surface area contributed by atoms with Gasteiger partial charge in [-0.25, -0.2) is 4.99 Å². The van der Waals surface area contributed by atoms with Crippen LogP contribution in [0.15, 0.2) is 4.99 Å². The van der Waals surface area contributed by atoms with Gasteiger partial charge in [0, 0.05) is 19.0 Å². The molecular formula is C16H30N2O3. The average molecular weight is 298 g/mol. The van der Waals surface area contributed by atoms with Crippen molar-refractivity contribution in [1.82, 2.24) is 5.32 Å². The zero-order valence-electron chi connectivity index (χ0n) is 13.9. The fourth-order valence-electron chi connectivity index (χ4n) is 2.57. The molecule has 1 aliphatic carbocycles. The van der Waals surface area contributed by atoms with Gasteiger partial charge in [-0.15, -0.1) is 0 Å². The lowest BCUT2D eigenvalue weighted by molar-refractivity contribution is -0.144. The van der Waals surface area contributed by atoms with Gasteiger partial charge in [0.2, 0.25) is 0 Å². The Bertz CT molecular complexity index is 334. The lowest BCUT2D eigenvalue weighted by Gasteiger charge is -2.29. The molecule has 1 saturated carbocycles. The van der Waals surface area contributed by atoms with E-state index in [0.717, 1.165) is 32.2 Å². The quantitative estimate of drug-likeness (QED) is 0.465. The van der Waals surface area contributed by atoms with Gasteiger partial charge in [-0.1, -0.05) is 0 Å². The molecule has 5 nitrogen and oxygen atoms in total. The standard InChI is InChI=1S/C16H30N2O3/c1-5-17-16(18-12(3)4)21-14-9-7-13(8-10-14)11-15(19)20-6-2/h12-14H,5-11H2,1-4H3,(H,17,18)/t13-,14-. The first kappa shape index (κ1) is 17.8. The highest BCUT2D eigenvalue weighted by atomic mass is 16.5. The minimum Gasteiger partial charge on any atom is -0.466 e. The molecule has 0 amide bonds. The Labute approximate surface area is 128 Å². The highest BCUT2D eigenvalue weighted by molar-refractivity contribution is 5.73. The van der Waals surface area contributed by atoms with E-state index in [1.54, 1.807) is 0 Å². The molecule has 122 valence electrons. The van der Waals surface area contributed by atoms with Crippen molar-refractivity contribution in [3.05, 3.63) is 0 Å². The number of rotatable bonds is 6. The van der Waals surface area contributed by atoms with Gasteiger partial charge in [0.05, 0.1) is 6.61 Å². The molecule has 1 rings (SSSR count). The molecule has 0 aromatic rings. The number of ether oxygens (including phenoxy) is 2. The highest BCUT2D eigenvalue weighted by Crippen LogP contribution is 2.28. The molecule has 0 unspecified atom stereocenters. The fraction of sp³-hybridized carbons (Fsp3) is 0.875. The molecule has 0 heterocycles. The van der Waals surface area contributed by atoms with Crippen LogP contribution in [-0.2, 0) is 14.3 Å². The molecule has 0 radical (unpaired) electrons. The summed E-state index contributed by atoms with van der Waals surface area (Å²) in [7, 11) is 0. The molecule has 5 heteroatoms. The van der Waals surface area contributed by atoms with Crippen molar-refractivity contribution in [3.63, 3.8) is 0 Å². The number of esters is 1. The number of nitrogens with zero attached hydrogens (tertiary/aromatic N) is 1. The van der Waals surface area contributed by atoms with E-state index in [0.29, 0.717) is 25.0 Å². The van der Waals surface area contributed by atoms with Gasteiger partial charge in [0.25, 0.3) is 6.02 Å². The molecular weight excluding hydrogens is 268 g/mol. The second kappa shape index (κ2) is 9.64. The first-order valence-electron chi connectivity index (χ1n) is 8.19. The van der Waals surface area contributed by atoms with Gasteiger partial charge in [-0.3, -0.25) is 4.79 Å². The van der Waals surface area contributed by atoms with Crippen molar-refractivity contribution in [1.29, 1.82) is 0 Å². The van der Waals surface area contributed by atoms with Crippen molar-refractivity contribution in [3.8, 4) is 0 Å². The van der Waals surface area contributed by atoms with E-state index in [1.165, 1.54) is 0 Å². The topological polar surface area (TPSA) is 59.9 Å². The van der Waals surface area contributed by atoms with Crippen LogP contribution in [0.3, 0.4) is 0 Å². The normalized spacial score (nSPS) is 23.0. The zero-order valence-corrected chi connectivity index (χ0v) is 13.9. The van der Waals surface area contributed by atoms with E-state index in [4.69, 9.17) is 9.47 Å². The average Bonchev–Trinajstić information content (AvgIpc) is 2.41. The smallest absolute Gasteiger partial charge is 0.306 e. The van der Waals surface area contributed by atoms with Gasteiger partial charge in [0.1, 0.15) is 6.10 Å². The predicted octanol–water partition coefficient (Wildman–Crippen LogP) is 2.89. The molecule has 0 bridgehead atoms. The third-order valence-electron chi connectivity index (χ3n) is 3.54. The van der Waals surface area contributed by atoms with Crippen molar-refractivity contribution >= 4 is 12.0 Å². The van der Waals surface area contributed by atoms with Crippen molar-refractivity contribution < 1.29 is 14.3 Å². The molecule has 1 fully saturated rings. The number of aliphatic imine (C=N–C) groups is 1. The Balaban J connectivity index is 2.36. The third-order valence-corrected chi connectivity index (χ3v) is 3.54. The Hall–Kier alpha value is -1.26. The summed E-state index contributed by atoms with van der Waals surface area (Å²) in [5.41, 5.74) is 0. The number of hydrogen-bond acceptors (Lipinski definition) is 4. The summed E-state index contributed by atoms with van der Waals surface area (Å²) < 4.78 is 11.0. The van der Waals surface area contributed by atoms with Gasteiger partial charge in [0.15, 0.2) is 0 Å². The molecule has 0 spiro atoms. The molecule has 1 N–H and O–H groups in total. The SMILES string of the molecule is CCN/C(=N\C(C)C)O[C@H]1CC[C@H](CC(=O)OCC)CC1. The van der Waals surface area contributed by atoms with Crippen LogP contribution in [0.4, 0.5) is 0 Å². The van der Waals surface area contributed by atoms with E-state index < -0.39 is 0 Å². The van der Waals surface area contributed by atoms with Crippen molar-refractivity contribution in [2.24, 2.45) is 10.9 Å². The van der Waals surface area contributed by atoms with Crippen LogP contribution in [0.1, 0.15) is 59.8 Å². The van der Waals surface area contributed by atoms with E-state index in [1.807, 2.05) is 27.7 Å². The van der Waals surface area contributed by atoms with Crippen LogP contribution in [0.25, 0.3) is 0 Å². The molecule has 0 aliphatic heterocycles. The van der Waals surface area contributed by atoms with Gasteiger partial charge < -0.3 is 14.8 Å². The maximum atomic E-state index is 11.5. The molecule has 0 aromatic heterocycles. The largest absolute Gasteiger partial charge is 0.466 e. The summed E-state index contributed by atoms with van der Waals surface area (Å²) in [6.07, 6.45) is 4.75. The summed E-state index contributed by atoms with van der Waals surface area (Å²) in [6, 6.07) is 0.876. The van der Waals surface area contributed by atoms with E-state index in [-0.39, 0.29) is 18.1 Å². The molecule has 1 aliphatic rings. The van der Waals surface area contributed by atoms with E-state index >= 15 is 0 Å². The number of hydrogen-bond donors (Lipinski definition) is 1. The van der Waals surface area contributed by atoms with Crippen LogP contribution in [0.5, 0.6) is 0 Å². The predicted molar refractivity (Wildman–Crippen MR) is 84.3 cm³/mol. The van der Waals surface area contributed by atoms with Crippen LogP contribution < -0.4 is 5.32 Å². The van der Waals surface area contributed by atoms with Crippen molar-refractivity contribution in [2.75, 3.05) is 13.2 Å². The summed E-state index contributed by atoms with van der Waals surface area (Å²) in [5.74, 6) is 0.366. The number of carbonyl (C=O) groups is 1. The monoisotopic (exact) mass is 298 g/mol. The van der Waals surface area contributed by atoms with Crippen LogP contribution >= 0.6 is 0 Å². The van der Waals surface area contributed by atoms with E-state index in [2.05, 4.69) is 10.3 Å². The van der Waals surface area contributed by atoms with Crippen LogP contribution in [0, 0.1) is 5.92 Å². The van der Waals surface area contributed by atoms with Gasteiger partial charge >= 0.3 is 5.97 Å². The minimum atomic E-state index is -0.0726.